The van der Waals surface area contributed by atoms with E-state index < -0.39 is 0 Å². The molecule has 2 aromatic heterocycles. The smallest absolute Gasteiger partial charge is 0.219 e. The Morgan fingerprint density at radius 2 is 1.80 bits per heavy atom. The van der Waals surface area contributed by atoms with Gasteiger partial charge in [0.25, 0.3) is 0 Å². The number of hydrogen-bond acceptors (Lipinski definition) is 6. The number of aromatic nitrogens is 3. The first kappa shape index (κ1) is 16.4. The summed E-state index contributed by atoms with van der Waals surface area (Å²) in [7, 11) is 0. The van der Waals surface area contributed by atoms with Gasteiger partial charge in [-0.2, -0.15) is 5.11 Å². The Morgan fingerprint density at radius 3 is 2.56 bits per heavy atom. The quantitative estimate of drug-likeness (QED) is 0.325. The number of nitrogens with zero attached hydrogens (tertiary/aromatic N) is 6. The van der Waals surface area contributed by atoms with E-state index in [0.29, 0.717) is 23.9 Å². The summed E-state index contributed by atoms with van der Waals surface area (Å²) in [6, 6.07) is 15.7. The maximum Gasteiger partial charge on any atom is 0.219 e. The largest absolute Gasteiger partial charge is 0.259 e. The summed E-state index contributed by atoms with van der Waals surface area (Å²) in [4.78, 5) is 12.4. The highest BCUT2D eigenvalue weighted by atomic mass is 15.4. The molecule has 0 aliphatic carbocycles. The summed E-state index contributed by atoms with van der Waals surface area (Å²) in [5.74, 6) is 0.912. The van der Waals surface area contributed by atoms with Crippen molar-refractivity contribution in [3.63, 3.8) is 0 Å². The molecular weight excluding hydrogens is 314 g/mol. The fraction of sp³-hybridized carbons (Fsp3) is 0.111. The van der Waals surface area contributed by atoms with E-state index in [1.165, 1.54) is 5.56 Å². The third-order valence-electron chi connectivity index (χ3n) is 3.24. The van der Waals surface area contributed by atoms with Crippen LogP contribution in [-0.2, 0) is 6.42 Å². The van der Waals surface area contributed by atoms with Gasteiger partial charge in [-0.05, 0) is 24.1 Å². The summed E-state index contributed by atoms with van der Waals surface area (Å²) < 4.78 is 0. The van der Waals surface area contributed by atoms with E-state index in [4.69, 9.17) is 0 Å². The average Bonchev–Trinajstić information content (AvgIpc) is 2.70. The van der Waals surface area contributed by atoms with Crippen LogP contribution in [0.4, 0.5) is 5.82 Å². The van der Waals surface area contributed by atoms with Crippen LogP contribution in [0.3, 0.4) is 0 Å². The summed E-state index contributed by atoms with van der Waals surface area (Å²) in [5, 5.41) is 12.7. The highest BCUT2D eigenvalue weighted by Crippen LogP contribution is 2.04. The van der Waals surface area contributed by atoms with Gasteiger partial charge < -0.3 is 0 Å². The molecule has 7 nitrogen and oxygen atoms in total. The van der Waals surface area contributed by atoms with Crippen molar-refractivity contribution in [1.29, 1.82) is 0 Å². The number of benzene rings is 1. The Kier molecular flexibility index (Phi) is 5.88. The molecule has 3 aromatic rings. The second kappa shape index (κ2) is 8.97. The second-order valence-corrected chi connectivity index (χ2v) is 5.05. The minimum Gasteiger partial charge on any atom is -0.259 e. The lowest BCUT2D eigenvalue weighted by Crippen LogP contribution is -2.04. The van der Waals surface area contributed by atoms with Gasteiger partial charge in [0.1, 0.15) is 5.69 Å². The molecule has 0 unspecified atom stereocenters. The zero-order valence-corrected chi connectivity index (χ0v) is 13.5. The SMILES string of the molecule is c1ccc(CCN=N/C(=N\Nc2cnccn2)c2ccccn2)cc1. The average molecular weight is 331 g/mol. The molecule has 1 N–H and O–H groups in total. The van der Waals surface area contributed by atoms with Crippen LogP contribution in [0.25, 0.3) is 0 Å². The van der Waals surface area contributed by atoms with Crippen LogP contribution in [0.5, 0.6) is 0 Å². The van der Waals surface area contributed by atoms with Crippen molar-refractivity contribution in [2.75, 3.05) is 12.0 Å². The van der Waals surface area contributed by atoms with E-state index >= 15 is 0 Å². The van der Waals surface area contributed by atoms with E-state index in [1.54, 1.807) is 24.8 Å². The highest BCUT2D eigenvalue weighted by molar-refractivity contribution is 5.97. The van der Waals surface area contributed by atoms with Crippen LogP contribution >= 0.6 is 0 Å². The third-order valence-corrected chi connectivity index (χ3v) is 3.24. The molecule has 0 aliphatic heterocycles. The van der Waals surface area contributed by atoms with E-state index in [1.807, 2.05) is 36.4 Å². The molecular formula is C18H17N7. The van der Waals surface area contributed by atoms with Gasteiger partial charge in [-0.15, -0.1) is 10.2 Å². The summed E-state index contributed by atoms with van der Waals surface area (Å²) in [6.07, 6.45) is 7.26. The van der Waals surface area contributed by atoms with E-state index in [9.17, 15) is 0 Å². The highest BCUT2D eigenvalue weighted by Gasteiger charge is 2.04. The van der Waals surface area contributed by atoms with Gasteiger partial charge in [-0.3, -0.25) is 15.4 Å². The molecule has 0 radical (unpaired) electrons. The predicted molar refractivity (Wildman–Crippen MR) is 96.3 cm³/mol. The fourth-order valence-corrected chi connectivity index (χ4v) is 2.03. The fourth-order valence-electron chi connectivity index (χ4n) is 2.03. The summed E-state index contributed by atoms with van der Waals surface area (Å²) in [6.45, 7) is 0.570. The lowest BCUT2D eigenvalue weighted by Gasteiger charge is -2.01. The van der Waals surface area contributed by atoms with Crippen molar-refractivity contribution in [1.82, 2.24) is 15.0 Å². The minimum atomic E-state index is 0.388. The lowest BCUT2D eigenvalue weighted by molar-refractivity contribution is 0.908. The van der Waals surface area contributed by atoms with Crippen molar-refractivity contribution in [2.24, 2.45) is 15.3 Å². The number of nitrogens with one attached hydrogen (secondary N) is 1. The Hall–Kier alpha value is -3.48. The molecule has 0 aliphatic rings. The van der Waals surface area contributed by atoms with Gasteiger partial charge in [-0.1, -0.05) is 36.4 Å². The molecule has 0 atom stereocenters. The van der Waals surface area contributed by atoms with Gasteiger partial charge in [0.15, 0.2) is 5.82 Å². The molecule has 25 heavy (non-hydrogen) atoms. The van der Waals surface area contributed by atoms with Crippen molar-refractivity contribution in [2.45, 2.75) is 6.42 Å². The molecule has 0 amide bonds. The molecule has 2 heterocycles. The standard InChI is InChI=1S/C18H17N7/c1-2-6-15(7-3-1)9-11-22-24-18(16-8-4-5-10-20-16)25-23-17-14-19-12-13-21-17/h1-8,10,12-14H,9,11H2,(H,21,23)/b24-22?,25-18-. The number of anilines is 1. The Bertz CT molecular complexity index is 818. The number of rotatable bonds is 6. The normalized spacial score (nSPS) is 11.6. The van der Waals surface area contributed by atoms with Crippen LogP contribution in [-0.4, -0.2) is 27.3 Å². The first-order valence-corrected chi connectivity index (χ1v) is 7.84. The first-order valence-electron chi connectivity index (χ1n) is 7.84. The minimum absolute atomic E-state index is 0.388. The van der Waals surface area contributed by atoms with Crippen molar-refractivity contribution in [3.8, 4) is 0 Å². The van der Waals surface area contributed by atoms with Crippen molar-refractivity contribution < 1.29 is 0 Å². The summed E-state index contributed by atoms with van der Waals surface area (Å²) in [5.41, 5.74) is 4.67. The monoisotopic (exact) mass is 331 g/mol. The molecule has 0 saturated carbocycles. The molecule has 1 aromatic carbocycles. The van der Waals surface area contributed by atoms with Gasteiger partial charge >= 0.3 is 0 Å². The van der Waals surface area contributed by atoms with Crippen molar-refractivity contribution in [3.05, 3.63) is 84.6 Å². The molecule has 3 rings (SSSR count). The van der Waals surface area contributed by atoms with E-state index in [-0.39, 0.29) is 0 Å². The Labute approximate surface area is 145 Å². The predicted octanol–water partition coefficient (Wildman–Crippen LogP) is 3.34. The van der Waals surface area contributed by atoms with E-state index in [2.05, 4.69) is 47.8 Å². The van der Waals surface area contributed by atoms with Crippen LogP contribution < -0.4 is 5.43 Å². The third kappa shape index (κ3) is 5.28. The number of pyridine rings is 1. The van der Waals surface area contributed by atoms with Crippen LogP contribution in [0.15, 0.2) is 88.6 Å². The maximum atomic E-state index is 4.27. The van der Waals surface area contributed by atoms with E-state index in [0.717, 1.165) is 6.42 Å². The molecule has 7 heteroatoms. The molecule has 0 saturated heterocycles. The topological polar surface area (TPSA) is 87.8 Å². The lowest BCUT2D eigenvalue weighted by atomic mass is 10.2. The Morgan fingerprint density at radius 1 is 0.920 bits per heavy atom. The summed E-state index contributed by atoms with van der Waals surface area (Å²) >= 11 is 0. The van der Waals surface area contributed by atoms with Crippen LogP contribution in [0.2, 0.25) is 0 Å². The van der Waals surface area contributed by atoms with Crippen LogP contribution in [0, 0.1) is 0 Å². The molecule has 124 valence electrons. The van der Waals surface area contributed by atoms with Gasteiger partial charge in [0, 0.05) is 18.6 Å². The maximum absolute atomic E-state index is 4.27. The number of azo groups is 1. The van der Waals surface area contributed by atoms with Crippen molar-refractivity contribution >= 4 is 11.7 Å². The van der Waals surface area contributed by atoms with Gasteiger partial charge in [0.2, 0.25) is 5.84 Å². The second-order valence-electron chi connectivity index (χ2n) is 5.05. The van der Waals surface area contributed by atoms with Gasteiger partial charge in [0.05, 0.1) is 12.7 Å². The molecule has 0 fully saturated rings. The first-order chi connectivity index (χ1) is 12.4. The molecule has 0 spiro atoms. The zero-order valence-electron chi connectivity index (χ0n) is 13.5. The number of hydrazone groups is 1. The zero-order chi connectivity index (χ0) is 17.2. The number of hydrogen-bond donors (Lipinski definition) is 1. The van der Waals surface area contributed by atoms with Crippen LogP contribution in [0.1, 0.15) is 11.3 Å². The Balaban J connectivity index is 1.69. The number of amidine groups is 1. The molecule has 0 bridgehead atoms. The van der Waals surface area contributed by atoms with Gasteiger partial charge in [-0.25, -0.2) is 4.98 Å².